The zero-order valence-corrected chi connectivity index (χ0v) is 15.1. The summed E-state index contributed by atoms with van der Waals surface area (Å²) in [6.07, 6.45) is 2.96. The number of benzene rings is 1. The van der Waals surface area contributed by atoms with Gasteiger partial charge in [0.05, 0.1) is 6.04 Å². The van der Waals surface area contributed by atoms with E-state index in [2.05, 4.69) is 55.4 Å². The molecule has 2 heterocycles. The van der Waals surface area contributed by atoms with Crippen LogP contribution in [0.15, 0.2) is 30.3 Å². The van der Waals surface area contributed by atoms with E-state index < -0.39 is 0 Å². The highest BCUT2D eigenvalue weighted by atomic mass is 16.5. The van der Waals surface area contributed by atoms with E-state index in [1.165, 1.54) is 5.56 Å². The Morgan fingerprint density at radius 3 is 2.50 bits per heavy atom. The minimum atomic E-state index is -0.341. The molecule has 1 amide bonds. The molecule has 0 saturated carbocycles. The highest BCUT2D eigenvalue weighted by Gasteiger charge is 2.41. The van der Waals surface area contributed by atoms with Gasteiger partial charge < -0.3 is 10.1 Å². The second kappa shape index (κ2) is 7.24. The van der Waals surface area contributed by atoms with E-state index in [0.717, 1.165) is 39.0 Å². The summed E-state index contributed by atoms with van der Waals surface area (Å²) < 4.78 is 5.46. The number of nitrogens with one attached hydrogen (secondary N) is 1. The summed E-state index contributed by atoms with van der Waals surface area (Å²) in [6.45, 7) is 6.76. The molecule has 2 atom stereocenters. The van der Waals surface area contributed by atoms with Gasteiger partial charge in [-0.1, -0.05) is 44.2 Å². The van der Waals surface area contributed by atoms with E-state index in [1.54, 1.807) is 0 Å². The molecular weight excluding hydrogens is 300 g/mol. The Hall–Kier alpha value is -1.39. The third kappa shape index (κ3) is 3.50. The Kier molecular flexibility index (Phi) is 5.26. The van der Waals surface area contributed by atoms with Crippen LogP contribution < -0.4 is 5.32 Å². The van der Waals surface area contributed by atoms with Crippen molar-refractivity contribution >= 4 is 5.91 Å². The summed E-state index contributed by atoms with van der Waals surface area (Å²) >= 11 is 0. The number of amides is 1. The van der Waals surface area contributed by atoms with Gasteiger partial charge in [0.15, 0.2) is 0 Å². The van der Waals surface area contributed by atoms with Gasteiger partial charge in [0.25, 0.3) is 0 Å². The van der Waals surface area contributed by atoms with Gasteiger partial charge in [0.2, 0.25) is 5.91 Å². The molecule has 2 fully saturated rings. The molecule has 132 valence electrons. The topological polar surface area (TPSA) is 41.6 Å². The molecule has 0 spiro atoms. The molecule has 1 aromatic carbocycles. The number of hydrogen-bond donors (Lipinski definition) is 1. The van der Waals surface area contributed by atoms with Gasteiger partial charge >= 0.3 is 0 Å². The van der Waals surface area contributed by atoms with Crippen molar-refractivity contribution < 1.29 is 9.53 Å². The largest absolute Gasteiger partial charge is 0.381 e. The number of carbonyl (C=O) groups excluding carboxylic acids is 1. The van der Waals surface area contributed by atoms with Crippen LogP contribution in [0, 0.1) is 11.3 Å². The van der Waals surface area contributed by atoms with Crippen LogP contribution in [-0.2, 0) is 9.53 Å². The molecule has 4 nitrogen and oxygen atoms in total. The van der Waals surface area contributed by atoms with Gasteiger partial charge in [0, 0.05) is 31.2 Å². The highest BCUT2D eigenvalue weighted by molar-refractivity contribution is 5.82. The highest BCUT2D eigenvalue weighted by Crippen LogP contribution is 2.36. The van der Waals surface area contributed by atoms with Crippen molar-refractivity contribution in [2.45, 2.75) is 45.2 Å². The fourth-order valence-corrected chi connectivity index (χ4v) is 4.19. The monoisotopic (exact) mass is 330 g/mol. The average Bonchev–Trinajstić information content (AvgIpc) is 2.96. The van der Waals surface area contributed by atoms with Gasteiger partial charge in [-0.2, -0.15) is 0 Å². The summed E-state index contributed by atoms with van der Waals surface area (Å²) in [7, 11) is 2.15. The maximum Gasteiger partial charge on any atom is 0.226 e. The second-order valence-corrected chi connectivity index (χ2v) is 7.81. The molecule has 0 radical (unpaired) electrons. The third-order valence-corrected chi connectivity index (χ3v) is 5.93. The van der Waals surface area contributed by atoms with Crippen molar-refractivity contribution in [3.8, 4) is 0 Å². The van der Waals surface area contributed by atoms with Gasteiger partial charge in [-0.05, 0) is 37.8 Å². The van der Waals surface area contributed by atoms with Crippen molar-refractivity contribution in [3.63, 3.8) is 0 Å². The number of carbonyl (C=O) groups is 1. The van der Waals surface area contributed by atoms with E-state index >= 15 is 0 Å². The molecule has 1 aromatic rings. The Morgan fingerprint density at radius 2 is 1.83 bits per heavy atom. The van der Waals surface area contributed by atoms with Gasteiger partial charge in [-0.15, -0.1) is 0 Å². The number of likely N-dealkylation sites (tertiary alicyclic amines) is 1. The fraction of sp³-hybridized carbons (Fsp3) is 0.650. The van der Waals surface area contributed by atoms with Crippen molar-refractivity contribution in [3.05, 3.63) is 35.9 Å². The molecule has 2 aliphatic rings. The van der Waals surface area contributed by atoms with E-state index in [0.29, 0.717) is 5.92 Å². The number of rotatable bonds is 4. The Morgan fingerprint density at radius 1 is 1.17 bits per heavy atom. The van der Waals surface area contributed by atoms with Crippen molar-refractivity contribution in [2.75, 3.05) is 26.8 Å². The molecule has 24 heavy (non-hydrogen) atoms. The molecule has 2 saturated heterocycles. The lowest BCUT2D eigenvalue weighted by Crippen LogP contribution is -2.48. The Bertz CT molecular complexity index is 552. The van der Waals surface area contributed by atoms with Crippen LogP contribution in [-0.4, -0.2) is 43.7 Å². The van der Waals surface area contributed by atoms with Crippen molar-refractivity contribution in [1.82, 2.24) is 10.2 Å². The van der Waals surface area contributed by atoms with Gasteiger partial charge in [0.1, 0.15) is 0 Å². The van der Waals surface area contributed by atoms with Crippen LogP contribution in [0.5, 0.6) is 0 Å². The average molecular weight is 330 g/mol. The lowest BCUT2D eigenvalue weighted by atomic mass is 9.73. The third-order valence-electron chi connectivity index (χ3n) is 5.93. The van der Waals surface area contributed by atoms with E-state index in [4.69, 9.17) is 4.74 Å². The normalized spacial score (nSPS) is 26.5. The van der Waals surface area contributed by atoms with Crippen LogP contribution in [0.3, 0.4) is 0 Å². The van der Waals surface area contributed by atoms with E-state index in [1.807, 2.05) is 6.07 Å². The molecule has 2 aliphatic heterocycles. The number of nitrogens with zero attached hydrogens (tertiary/aromatic N) is 1. The lowest BCUT2D eigenvalue weighted by Gasteiger charge is -2.37. The summed E-state index contributed by atoms with van der Waals surface area (Å²) in [6, 6.07) is 11.0. The first-order chi connectivity index (χ1) is 11.5. The zero-order valence-electron chi connectivity index (χ0n) is 15.1. The van der Waals surface area contributed by atoms with Crippen LogP contribution in [0.2, 0.25) is 0 Å². The SMILES string of the molecule is CN1CCC(NC(=O)C(C)(C)C2CCOCC2)C1c1ccccc1. The molecule has 1 N–H and O–H groups in total. The van der Waals surface area contributed by atoms with Crippen molar-refractivity contribution in [1.29, 1.82) is 0 Å². The molecule has 0 aliphatic carbocycles. The lowest BCUT2D eigenvalue weighted by molar-refractivity contribution is -0.135. The van der Waals surface area contributed by atoms with Gasteiger partial charge in [-0.3, -0.25) is 9.69 Å². The molecular formula is C20H30N2O2. The minimum Gasteiger partial charge on any atom is -0.381 e. The first-order valence-corrected chi connectivity index (χ1v) is 9.14. The molecule has 4 heteroatoms. The number of likely N-dealkylation sites (N-methyl/N-ethyl adjacent to an activating group) is 1. The Balaban J connectivity index is 1.70. The summed E-state index contributed by atoms with van der Waals surface area (Å²) in [5.74, 6) is 0.594. The first kappa shape index (κ1) is 17.4. The van der Waals surface area contributed by atoms with Crippen LogP contribution >= 0.6 is 0 Å². The van der Waals surface area contributed by atoms with E-state index in [9.17, 15) is 4.79 Å². The summed E-state index contributed by atoms with van der Waals surface area (Å²) in [5, 5.41) is 3.37. The summed E-state index contributed by atoms with van der Waals surface area (Å²) in [5.41, 5.74) is 0.943. The van der Waals surface area contributed by atoms with Crippen molar-refractivity contribution in [2.24, 2.45) is 11.3 Å². The smallest absolute Gasteiger partial charge is 0.226 e. The number of ether oxygens (including phenoxy) is 1. The van der Waals surface area contributed by atoms with Crippen LogP contribution in [0.25, 0.3) is 0 Å². The standard InChI is InChI=1S/C20H30N2O2/c1-20(2,16-10-13-24-14-11-16)19(23)21-17-9-12-22(3)18(17)15-7-5-4-6-8-15/h4-8,16-18H,9-14H2,1-3H3,(H,21,23). The molecule has 2 unspecified atom stereocenters. The fourth-order valence-electron chi connectivity index (χ4n) is 4.19. The van der Waals surface area contributed by atoms with Crippen LogP contribution in [0.1, 0.15) is 44.7 Å². The number of hydrogen-bond acceptors (Lipinski definition) is 3. The first-order valence-electron chi connectivity index (χ1n) is 9.14. The molecule has 0 aromatic heterocycles. The zero-order chi connectivity index (χ0) is 17.2. The van der Waals surface area contributed by atoms with Crippen LogP contribution in [0.4, 0.5) is 0 Å². The summed E-state index contributed by atoms with van der Waals surface area (Å²) in [4.78, 5) is 15.4. The van der Waals surface area contributed by atoms with E-state index in [-0.39, 0.29) is 23.4 Å². The minimum absolute atomic E-state index is 0.184. The predicted octanol–water partition coefficient (Wildman–Crippen LogP) is 3.00. The predicted molar refractivity (Wildman–Crippen MR) is 95.7 cm³/mol. The molecule has 3 rings (SSSR count). The van der Waals surface area contributed by atoms with Gasteiger partial charge in [-0.25, -0.2) is 0 Å². The second-order valence-electron chi connectivity index (χ2n) is 7.81. The Labute approximate surface area is 145 Å². The maximum absolute atomic E-state index is 13.0. The quantitative estimate of drug-likeness (QED) is 0.923. The molecule has 0 bridgehead atoms. The maximum atomic E-state index is 13.0.